The van der Waals surface area contributed by atoms with Gasteiger partial charge in [-0.15, -0.1) is 0 Å². The predicted octanol–water partition coefficient (Wildman–Crippen LogP) is 3.06. The van der Waals surface area contributed by atoms with Crippen molar-refractivity contribution in [2.75, 3.05) is 14.2 Å². The minimum atomic E-state index is -0.504. The Morgan fingerprint density at radius 2 is 1.88 bits per heavy atom. The van der Waals surface area contributed by atoms with E-state index in [1.165, 1.54) is 10.8 Å². The molecule has 4 rings (SSSR count). The maximum atomic E-state index is 13.0. The molecule has 2 aromatic heterocycles. The summed E-state index contributed by atoms with van der Waals surface area (Å²) in [5, 5.41) is 0.324. The third-order valence-electron chi connectivity index (χ3n) is 6.11. The van der Waals surface area contributed by atoms with Crippen LogP contribution < -0.4 is 20.7 Å². The standard InChI is InChI=1S/C24H27N3O5/c1-13(2)7-8-27-22-21(23(29)26-24(27)30)16-9-15(10-18(28)17(16)12-25-22)14-5-6-19(31-3)20(11-14)32-4/h5-6,11-13,15H,7-10H2,1-4H3,(H,26,29,30)/t15-/m1/s1. The van der Waals surface area contributed by atoms with Crippen LogP contribution in [0.1, 0.15) is 54.1 Å². The Balaban J connectivity index is 1.84. The van der Waals surface area contributed by atoms with E-state index in [2.05, 4.69) is 23.8 Å². The van der Waals surface area contributed by atoms with E-state index in [0.717, 1.165) is 12.0 Å². The van der Waals surface area contributed by atoms with Crippen LogP contribution in [0.5, 0.6) is 11.5 Å². The molecule has 32 heavy (non-hydrogen) atoms. The quantitative estimate of drug-likeness (QED) is 0.636. The first-order valence-corrected chi connectivity index (χ1v) is 10.7. The van der Waals surface area contributed by atoms with E-state index in [-0.39, 0.29) is 11.7 Å². The van der Waals surface area contributed by atoms with E-state index in [1.54, 1.807) is 14.2 Å². The molecule has 0 spiro atoms. The summed E-state index contributed by atoms with van der Waals surface area (Å²) in [5.74, 6) is 1.38. The number of aryl methyl sites for hydroxylation is 1. The molecule has 2 heterocycles. The van der Waals surface area contributed by atoms with Crippen LogP contribution in [0.15, 0.2) is 34.0 Å². The number of aromatic amines is 1. The van der Waals surface area contributed by atoms with Gasteiger partial charge in [0, 0.05) is 24.7 Å². The zero-order valence-electron chi connectivity index (χ0n) is 18.7. The van der Waals surface area contributed by atoms with Gasteiger partial charge in [-0.25, -0.2) is 9.78 Å². The van der Waals surface area contributed by atoms with Crippen molar-refractivity contribution in [3.8, 4) is 11.5 Å². The fourth-order valence-corrected chi connectivity index (χ4v) is 4.35. The fraction of sp³-hybridized carbons (Fsp3) is 0.417. The van der Waals surface area contributed by atoms with Gasteiger partial charge < -0.3 is 9.47 Å². The van der Waals surface area contributed by atoms with Crippen molar-refractivity contribution in [2.45, 2.75) is 45.6 Å². The number of ketones is 1. The third kappa shape index (κ3) is 3.81. The Morgan fingerprint density at radius 1 is 1.12 bits per heavy atom. The Labute approximate surface area is 185 Å². The lowest BCUT2D eigenvalue weighted by molar-refractivity contribution is 0.0964. The minimum absolute atomic E-state index is 0.0697. The first-order chi connectivity index (χ1) is 15.3. The topological polar surface area (TPSA) is 103 Å². The van der Waals surface area contributed by atoms with Gasteiger partial charge in [0.05, 0.1) is 19.6 Å². The average Bonchev–Trinajstić information content (AvgIpc) is 2.77. The molecule has 3 aromatic rings. The van der Waals surface area contributed by atoms with Crippen molar-refractivity contribution in [3.05, 3.63) is 61.9 Å². The van der Waals surface area contributed by atoms with Crippen LogP contribution in [-0.4, -0.2) is 34.5 Å². The molecule has 0 amide bonds. The molecule has 1 N–H and O–H groups in total. The fourth-order valence-electron chi connectivity index (χ4n) is 4.35. The van der Waals surface area contributed by atoms with E-state index in [1.807, 2.05) is 18.2 Å². The lowest BCUT2D eigenvalue weighted by Gasteiger charge is -2.25. The molecule has 1 aromatic carbocycles. The van der Waals surface area contributed by atoms with E-state index in [4.69, 9.17) is 9.47 Å². The molecule has 0 saturated carbocycles. The van der Waals surface area contributed by atoms with E-state index in [0.29, 0.717) is 59.0 Å². The summed E-state index contributed by atoms with van der Waals surface area (Å²) in [6.07, 6.45) is 3.07. The number of ether oxygens (including phenoxy) is 2. The van der Waals surface area contributed by atoms with E-state index in [9.17, 15) is 14.4 Å². The molecule has 0 fully saturated rings. The van der Waals surface area contributed by atoms with Crippen molar-refractivity contribution in [1.29, 1.82) is 0 Å². The maximum Gasteiger partial charge on any atom is 0.329 e. The highest BCUT2D eigenvalue weighted by atomic mass is 16.5. The highest BCUT2D eigenvalue weighted by Crippen LogP contribution is 2.38. The lowest BCUT2D eigenvalue weighted by Crippen LogP contribution is -2.33. The summed E-state index contributed by atoms with van der Waals surface area (Å²) in [6.45, 7) is 4.59. The third-order valence-corrected chi connectivity index (χ3v) is 6.11. The number of methoxy groups -OCH3 is 2. The number of rotatable bonds is 6. The summed E-state index contributed by atoms with van der Waals surface area (Å²) in [7, 11) is 3.14. The zero-order chi connectivity index (χ0) is 23.0. The summed E-state index contributed by atoms with van der Waals surface area (Å²) in [6, 6.07) is 5.60. The van der Waals surface area contributed by atoms with Crippen molar-refractivity contribution < 1.29 is 14.3 Å². The maximum absolute atomic E-state index is 13.0. The lowest BCUT2D eigenvalue weighted by atomic mass is 9.79. The van der Waals surface area contributed by atoms with Gasteiger partial charge in [0.1, 0.15) is 5.65 Å². The van der Waals surface area contributed by atoms with Crippen LogP contribution in [0.2, 0.25) is 0 Å². The Bertz CT molecular complexity index is 1310. The van der Waals surface area contributed by atoms with Crippen LogP contribution >= 0.6 is 0 Å². The second kappa shape index (κ2) is 8.61. The smallest absolute Gasteiger partial charge is 0.329 e. The molecule has 0 radical (unpaired) electrons. The Hall–Kier alpha value is -3.42. The number of pyridine rings is 1. The number of benzene rings is 1. The molecule has 8 nitrogen and oxygen atoms in total. The molecular formula is C24H27N3O5. The molecular weight excluding hydrogens is 410 g/mol. The number of H-pyrrole nitrogens is 1. The highest BCUT2D eigenvalue weighted by molar-refractivity contribution is 6.02. The van der Waals surface area contributed by atoms with Crippen LogP contribution in [-0.2, 0) is 13.0 Å². The van der Waals surface area contributed by atoms with Crippen LogP contribution in [0, 0.1) is 5.92 Å². The molecule has 1 atom stereocenters. The average molecular weight is 437 g/mol. The molecule has 8 heteroatoms. The van der Waals surface area contributed by atoms with Crippen molar-refractivity contribution in [2.24, 2.45) is 5.92 Å². The SMILES string of the molecule is COc1ccc([C@H]2CC(=O)c3cnc4c(c3C2)c(=O)[nH]c(=O)n4CCC(C)C)cc1OC. The number of carbonyl (C=O) groups excluding carboxylic acids is 1. The van der Waals surface area contributed by atoms with E-state index >= 15 is 0 Å². The van der Waals surface area contributed by atoms with Gasteiger partial charge in [-0.05, 0) is 47.9 Å². The normalized spacial score (nSPS) is 15.8. The molecule has 0 aliphatic heterocycles. The Morgan fingerprint density at radius 3 is 2.56 bits per heavy atom. The van der Waals surface area contributed by atoms with Gasteiger partial charge in [0.15, 0.2) is 17.3 Å². The van der Waals surface area contributed by atoms with Crippen molar-refractivity contribution >= 4 is 16.8 Å². The molecule has 0 unspecified atom stereocenters. The highest BCUT2D eigenvalue weighted by Gasteiger charge is 2.30. The number of carbonyl (C=O) groups is 1. The number of fused-ring (bicyclic) bond motifs is 3. The van der Waals surface area contributed by atoms with Gasteiger partial charge in [-0.1, -0.05) is 19.9 Å². The molecule has 168 valence electrons. The van der Waals surface area contributed by atoms with Crippen molar-refractivity contribution in [1.82, 2.24) is 14.5 Å². The predicted molar refractivity (Wildman–Crippen MR) is 121 cm³/mol. The number of Topliss-reactive ketones (excluding diaryl/α,β-unsaturated/α-hetero) is 1. The molecule has 0 saturated heterocycles. The first kappa shape index (κ1) is 21.8. The number of aromatic nitrogens is 3. The van der Waals surface area contributed by atoms with Gasteiger partial charge in [-0.3, -0.25) is 19.1 Å². The van der Waals surface area contributed by atoms with E-state index < -0.39 is 11.2 Å². The minimum Gasteiger partial charge on any atom is -0.493 e. The summed E-state index contributed by atoms with van der Waals surface area (Å²) in [4.78, 5) is 45.1. The number of hydrogen-bond donors (Lipinski definition) is 1. The second-order valence-electron chi connectivity index (χ2n) is 8.59. The largest absolute Gasteiger partial charge is 0.493 e. The zero-order valence-corrected chi connectivity index (χ0v) is 18.7. The number of nitrogens with one attached hydrogen (secondary N) is 1. The van der Waals surface area contributed by atoms with Gasteiger partial charge >= 0.3 is 5.69 Å². The van der Waals surface area contributed by atoms with Crippen LogP contribution in [0.4, 0.5) is 0 Å². The molecule has 0 bridgehead atoms. The second-order valence-corrected chi connectivity index (χ2v) is 8.59. The monoisotopic (exact) mass is 437 g/mol. The summed E-state index contributed by atoms with van der Waals surface area (Å²) >= 11 is 0. The van der Waals surface area contributed by atoms with Gasteiger partial charge in [-0.2, -0.15) is 0 Å². The number of nitrogens with zero attached hydrogens (tertiary/aromatic N) is 2. The molecule has 1 aliphatic rings. The molecule has 1 aliphatic carbocycles. The van der Waals surface area contributed by atoms with Crippen LogP contribution in [0.25, 0.3) is 11.0 Å². The van der Waals surface area contributed by atoms with Crippen molar-refractivity contribution in [3.63, 3.8) is 0 Å². The van der Waals surface area contributed by atoms with Gasteiger partial charge in [0.2, 0.25) is 0 Å². The summed E-state index contributed by atoms with van der Waals surface area (Å²) in [5.41, 5.74) is 1.37. The number of hydrogen-bond acceptors (Lipinski definition) is 6. The Kier molecular flexibility index (Phi) is 5.86. The summed E-state index contributed by atoms with van der Waals surface area (Å²) < 4.78 is 12.2. The van der Waals surface area contributed by atoms with Crippen LogP contribution in [0.3, 0.4) is 0 Å². The first-order valence-electron chi connectivity index (χ1n) is 10.7. The van der Waals surface area contributed by atoms with Gasteiger partial charge in [0.25, 0.3) is 5.56 Å².